The Morgan fingerprint density at radius 1 is 1.21 bits per heavy atom. The van der Waals surface area contributed by atoms with E-state index in [4.69, 9.17) is 14.1 Å². The molecule has 2 aliphatic rings. The largest absolute Gasteiger partial charge is 0.469 e. The van der Waals surface area contributed by atoms with E-state index in [0.29, 0.717) is 0 Å². The maximum absolute atomic E-state index is 5.39. The first kappa shape index (κ1) is 17.3. The van der Waals surface area contributed by atoms with E-state index in [1.807, 2.05) is 12.1 Å². The zero-order valence-electron chi connectivity index (χ0n) is 14.5. The first-order valence-corrected chi connectivity index (χ1v) is 9.25. The summed E-state index contributed by atoms with van der Waals surface area (Å²) in [5.74, 6) is 2.76. The maximum atomic E-state index is 5.39. The van der Waals surface area contributed by atoms with Crippen molar-refractivity contribution in [2.24, 2.45) is 10.9 Å². The van der Waals surface area contributed by atoms with Crippen LogP contribution in [0.15, 0.2) is 27.8 Å². The molecule has 6 nitrogen and oxygen atoms in total. The quantitative estimate of drug-likeness (QED) is 0.407. The topological polar surface area (TPSA) is 62.0 Å². The Bertz CT molecular complexity index is 479. The average Bonchev–Trinajstić information content (AvgIpc) is 3.30. The molecule has 6 heteroatoms. The first-order chi connectivity index (χ1) is 11.9. The van der Waals surface area contributed by atoms with Crippen molar-refractivity contribution in [2.75, 3.05) is 52.5 Å². The minimum Gasteiger partial charge on any atom is -0.469 e. The van der Waals surface area contributed by atoms with Crippen molar-refractivity contribution in [3.05, 3.63) is 24.2 Å². The number of nitrogens with zero attached hydrogens (tertiary/aromatic N) is 2. The third-order valence-corrected chi connectivity index (χ3v) is 4.50. The van der Waals surface area contributed by atoms with Gasteiger partial charge in [0.2, 0.25) is 0 Å². The molecule has 0 radical (unpaired) electrons. The van der Waals surface area contributed by atoms with Gasteiger partial charge in [0, 0.05) is 39.1 Å². The normalized spacial score (nSPS) is 19.4. The molecule has 1 saturated carbocycles. The number of guanidine groups is 1. The number of rotatable bonds is 9. The second kappa shape index (κ2) is 9.69. The van der Waals surface area contributed by atoms with Crippen LogP contribution in [0.3, 0.4) is 0 Å². The van der Waals surface area contributed by atoms with Crippen molar-refractivity contribution in [3.8, 4) is 0 Å². The van der Waals surface area contributed by atoms with Gasteiger partial charge in [0.25, 0.3) is 0 Å². The van der Waals surface area contributed by atoms with Gasteiger partial charge >= 0.3 is 0 Å². The molecular weight excluding hydrogens is 304 g/mol. The average molecular weight is 334 g/mol. The number of aliphatic imine (C=N–C) groups is 1. The summed E-state index contributed by atoms with van der Waals surface area (Å²) >= 11 is 0. The van der Waals surface area contributed by atoms with Crippen molar-refractivity contribution in [1.29, 1.82) is 0 Å². The Kier molecular flexibility index (Phi) is 6.98. The molecular formula is C18H30N4O2. The number of ether oxygens (including phenoxy) is 1. The van der Waals surface area contributed by atoms with Gasteiger partial charge in [-0.3, -0.25) is 9.89 Å². The monoisotopic (exact) mass is 334 g/mol. The third kappa shape index (κ3) is 6.53. The van der Waals surface area contributed by atoms with E-state index in [1.165, 1.54) is 12.8 Å². The van der Waals surface area contributed by atoms with E-state index in [1.54, 1.807) is 6.26 Å². The molecule has 3 rings (SSSR count). The predicted octanol–water partition coefficient (Wildman–Crippen LogP) is 1.49. The highest BCUT2D eigenvalue weighted by Gasteiger charge is 2.20. The Morgan fingerprint density at radius 2 is 2.04 bits per heavy atom. The lowest BCUT2D eigenvalue weighted by Gasteiger charge is -2.26. The molecule has 2 fully saturated rings. The number of morpholine rings is 1. The molecule has 0 spiro atoms. The summed E-state index contributed by atoms with van der Waals surface area (Å²) in [6, 6.07) is 3.94. The van der Waals surface area contributed by atoms with Crippen molar-refractivity contribution >= 4 is 5.96 Å². The summed E-state index contributed by atoms with van der Waals surface area (Å²) in [6.45, 7) is 7.72. The van der Waals surface area contributed by atoms with Crippen LogP contribution in [0, 0.1) is 5.92 Å². The molecule has 1 aliphatic carbocycles. The second-order valence-electron chi connectivity index (χ2n) is 6.62. The van der Waals surface area contributed by atoms with Gasteiger partial charge < -0.3 is 19.8 Å². The van der Waals surface area contributed by atoms with Crippen LogP contribution in [0.5, 0.6) is 0 Å². The zero-order chi connectivity index (χ0) is 16.5. The molecule has 2 heterocycles. The molecule has 1 aliphatic heterocycles. The number of nitrogens with one attached hydrogen (secondary N) is 2. The fourth-order valence-corrected chi connectivity index (χ4v) is 2.79. The predicted molar refractivity (Wildman–Crippen MR) is 95.3 cm³/mol. The molecule has 0 atom stereocenters. The molecule has 0 bridgehead atoms. The minimum atomic E-state index is 0.807. The highest BCUT2D eigenvalue weighted by molar-refractivity contribution is 5.79. The number of hydrogen-bond donors (Lipinski definition) is 2. The summed E-state index contributed by atoms with van der Waals surface area (Å²) in [6.07, 6.45) is 6.40. The Labute approximate surface area is 144 Å². The lowest BCUT2D eigenvalue weighted by atomic mass is 10.3. The van der Waals surface area contributed by atoms with Gasteiger partial charge in [-0.15, -0.1) is 0 Å². The molecule has 0 amide bonds. The van der Waals surface area contributed by atoms with Crippen molar-refractivity contribution in [2.45, 2.75) is 25.7 Å². The van der Waals surface area contributed by atoms with Crippen molar-refractivity contribution in [3.63, 3.8) is 0 Å². The van der Waals surface area contributed by atoms with Crippen LogP contribution < -0.4 is 10.6 Å². The first-order valence-electron chi connectivity index (χ1n) is 9.25. The van der Waals surface area contributed by atoms with Crippen LogP contribution in [0.4, 0.5) is 0 Å². The van der Waals surface area contributed by atoms with Gasteiger partial charge in [0.1, 0.15) is 5.76 Å². The summed E-state index contributed by atoms with van der Waals surface area (Å²) in [4.78, 5) is 7.19. The van der Waals surface area contributed by atoms with Crippen LogP contribution in [0.2, 0.25) is 0 Å². The van der Waals surface area contributed by atoms with Gasteiger partial charge in [-0.05, 0) is 43.9 Å². The maximum Gasteiger partial charge on any atom is 0.191 e. The van der Waals surface area contributed by atoms with Crippen LogP contribution >= 0.6 is 0 Å². The van der Waals surface area contributed by atoms with E-state index < -0.39 is 0 Å². The Hall–Kier alpha value is -1.53. The smallest absolute Gasteiger partial charge is 0.191 e. The molecule has 1 aromatic heterocycles. The Balaban J connectivity index is 1.34. The van der Waals surface area contributed by atoms with E-state index in [2.05, 4.69) is 15.5 Å². The summed E-state index contributed by atoms with van der Waals surface area (Å²) in [5.41, 5.74) is 0. The zero-order valence-corrected chi connectivity index (χ0v) is 14.5. The fourth-order valence-electron chi connectivity index (χ4n) is 2.79. The van der Waals surface area contributed by atoms with Gasteiger partial charge in [0.05, 0.1) is 19.5 Å². The summed E-state index contributed by atoms with van der Waals surface area (Å²) in [7, 11) is 0. The lowest BCUT2D eigenvalue weighted by Crippen LogP contribution is -2.41. The van der Waals surface area contributed by atoms with Crippen LogP contribution in [0.1, 0.15) is 25.0 Å². The second-order valence-corrected chi connectivity index (χ2v) is 6.62. The van der Waals surface area contributed by atoms with Crippen molar-refractivity contribution in [1.82, 2.24) is 15.5 Å². The van der Waals surface area contributed by atoms with Gasteiger partial charge in [-0.1, -0.05) is 0 Å². The third-order valence-electron chi connectivity index (χ3n) is 4.50. The minimum absolute atomic E-state index is 0.807. The van der Waals surface area contributed by atoms with E-state index in [9.17, 15) is 0 Å². The number of furan rings is 1. The van der Waals surface area contributed by atoms with E-state index in [-0.39, 0.29) is 0 Å². The van der Waals surface area contributed by atoms with Gasteiger partial charge in [-0.25, -0.2) is 0 Å². The van der Waals surface area contributed by atoms with E-state index >= 15 is 0 Å². The molecule has 134 valence electrons. The molecule has 0 aromatic carbocycles. The fraction of sp³-hybridized carbons (Fsp3) is 0.722. The molecule has 24 heavy (non-hydrogen) atoms. The van der Waals surface area contributed by atoms with E-state index in [0.717, 1.165) is 83.0 Å². The van der Waals surface area contributed by atoms with Gasteiger partial charge in [0.15, 0.2) is 5.96 Å². The van der Waals surface area contributed by atoms with Crippen LogP contribution in [0.25, 0.3) is 0 Å². The SMILES string of the molecule is c1coc(CCNC(=NCC2CC2)NCCCN2CCOCC2)c1. The van der Waals surface area contributed by atoms with Crippen LogP contribution in [-0.4, -0.2) is 63.3 Å². The van der Waals surface area contributed by atoms with Gasteiger partial charge in [-0.2, -0.15) is 0 Å². The Morgan fingerprint density at radius 3 is 2.79 bits per heavy atom. The lowest BCUT2D eigenvalue weighted by molar-refractivity contribution is 0.0376. The molecule has 1 saturated heterocycles. The van der Waals surface area contributed by atoms with Crippen molar-refractivity contribution < 1.29 is 9.15 Å². The highest BCUT2D eigenvalue weighted by atomic mass is 16.5. The standard InChI is InChI=1S/C18H30N4O2/c1-3-17(24-12-1)6-8-20-18(21-15-16-4-5-16)19-7-2-9-22-10-13-23-14-11-22/h1,3,12,16H,2,4-11,13-15H2,(H2,19,20,21). The van der Waals surface area contributed by atoms with Crippen LogP contribution in [-0.2, 0) is 11.2 Å². The molecule has 2 N–H and O–H groups in total. The summed E-state index contributed by atoms with van der Waals surface area (Å²) in [5, 5.41) is 6.90. The highest BCUT2D eigenvalue weighted by Crippen LogP contribution is 2.28. The molecule has 1 aromatic rings. The number of hydrogen-bond acceptors (Lipinski definition) is 4. The summed E-state index contributed by atoms with van der Waals surface area (Å²) < 4.78 is 10.8. The molecule has 0 unspecified atom stereocenters.